The third kappa shape index (κ3) is 21.4. The van der Waals surface area contributed by atoms with Gasteiger partial charge in [0.25, 0.3) is 0 Å². The van der Waals surface area contributed by atoms with E-state index in [0.717, 1.165) is 5.56 Å². The maximum atomic E-state index is 14.5. The zero-order valence-corrected chi connectivity index (χ0v) is 51.6. The van der Waals surface area contributed by atoms with E-state index < -0.39 is 96.4 Å². The first kappa shape index (κ1) is 71.0. The number of carbonyl (C=O) groups is 8. The molecule has 22 heteroatoms. The fraction of sp³-hybridized carbons (Fsp3) is 0.767. The average molecular weight is 1160 g/mol. The van der Waals surface area contributed by atoms with E-state index in [1.54, 1.807) is 23.8 Å². The number of hydrogen-bond acceptors (Lipinski definition) is 16. The largest absolute Gasteiger partial charge is 0.465 e. The summed E-state index contributed by atoms with van der Waals surface area (Å²) < 4.78 is 33.6. The lowest BCUT2D eigenvalue weighted by Crippen LogP contribution is -2.59. The molecule has 2 aliphatic rings. The fourth-order valence-electron chi connectivity index (χ4n) is 11.4. The van der Waals surface area contributed by atoms with Crippen molar-refractivity contribution >= 4 is 47.4 Å². The molecule has 0 aromatic heterocycles. The van der Waals surface area contributed by atoms with Crippen LogP contribution in [-0.2, 0) is 68.4 Å². The smallest absolute Gasteiger partial charge is 0.407 e. The second-order valence-corrected chi connectivity index (χ2v) is 22.9. The predicted molar refractivity (Wildman–Crippen MR) is 309 cm³/mol. The number of methoxy groups -OCH3 is 3. The molecule has 0 bridgehead atoms. The molecule has 22 nitrogen and oxygen atoms in total. The number of carbonyl (C=O) groups excluding carboxylic acids is 8. The Morgan fingerprint density at radius 3 is 2.02 bits per heavy atom. The lowest BCUT2D eigenvalue weighted by Gasteiger charge is -2.41. The molecule has 466 valence electrons. The van der Waals surface area contributed by atoms with Gasteiger partial charge in [-0.15, -0.1) is 0 Å². The summed E-state index contributed by atoms with van der Waals surface area (Å²) >= 11 is 0. The number of ketones is 1. The first-order valence-electron chi connectivity index (χ1n) is 29.6. The Morgan fingerprint density at radius 2 is 1.44 bits per heavy atom. The van der Waals surface area contributed by atoms with Crippen molar-refractivity contribution < 1.29 is 71.9 Å². The van der Waals surface area contributed by atoms with Crippen molar-refractivity contribution in [2.45, 2.75) is 181 Å². The SMILES string of the molecule is CCC(CO)OC(COC(=O)NCCC(=O)C1CCC[C@H]1C(=O)OCCCNC(=O)[C@H](Cc1ccccc1)NC(=O)[C@H](C)[C@@H](OC)[C@@H]1CCCN1C(=O)C[C@@H](OC)[C@H]([C@@H](C)CC)N(C)C(=O)[C@@H](NC(=O)[C@H](C(C)C)N(C)C)C(C)C)OC. The van der Waals surface area contributed by atoms with Gasteiger partial charge < -0.3 is 64.6 Å². The molecular formula is C60H101N7O15. The fourth-order valence-corrected chi connectivity index (χ4v) is 11.4. The molecule has 1 aliphatic heterocycles. The van der Waals surface area contributed by atoms with Crippen LogP contribution in [0.25, 0.3) is 0 Å². The number of Topliss-reactive ketones (excluding diaryl/α,β-unsaturated/α-hetero) is 1. The topological polar surface area (TPSA) is 270 Å². The highest BCUT2D eigenvalue weighted by Gasteiger charge is 2.44. The maximum Gasteiger partial charge on any atom is 0.407 e. The monoisotopic (exact) mass is 1160 g/mol. The summed E-state index contributed by atoms with van der Waals surface area (Å²) in [6.45, 7) is 15.4. The highest BCUT2D eigenvalue weighted by molar-refractivity contribution is 5.91. The summed E-state index contributed by atoms with van der Waals surface area (Å²) in [6.07, 6.45) is 0.965. The first-order chi connectivity index (χ1) is 39.0. The first-order valence-corrected chi connectivity index (χ1v) is 29.6. The molecule has 0 radical (unpaired) electrons. The van der Waals surface area contributed by atoms with Crippen LogP contribution in [0.5, 0.6) is 0 Å². The molecule has 3 rings (SSSR count). The van der Waals surface area contributed by atoms with Crippen LogP contribution in [0.1, 0.15) is 125 Å². The van der Waals surface area contributed by atoms with Gasteiger partial charge in [0.05, 0.1) is 67.9 Å². The molecule has 13 atom stereocenters. The summed E-state index contributed by atoms with van der Waals surface area (Å²) in [7, 11) is 9.81. The van der Waals surface area contributed by atoms with E-state index in [4.69, 9.17) is 28.4 Å². The van der Waals surface area contributed by atoms with Gasteiger partial charge in [0.1, 0.15) is 24.5 Å². The van der Waals surface area contributed by atoms with Gasteiger partial charge in [-0.2, -0.15) is 0 Å². The van der Waals surface area contributed by atoms with Crippen molar-refractivity contribution in [3.8, 4) is 0 Å². The van der Waals surface area contributed by atoms with Crippen LogP contribution in [0.4, 0.5) is 4.79 Å². The quantitative estimate of drug-likeness (QED) is 0.0354. The number of likely N-dealkylation sites (N-methyl/N-ethyl adjacent to an activating group) is 2. The van der Waals surface area contributed by atoms with Gasteiger partial charge in [0.2, 0.25) is 29.5 Å². The van der Waals surface area contributed by atoms with Gasteiger partial charge >= 0.3 is 12.1 Å². The van der Waals surface area contributed by atoms with E-state index in [1.165, 1.54) is 21.3 Å². The molecule has 1 heterocycles. The Bertz CT molecular complexity index is 2140. The lowest BCUT2D eigenvalue weighted by atomic mass is 9.89. The molecule has 1 aromatic carbocycles. The van der Waals surface area contributed by atoms with Crippen molar-refractivity contribution in [3.05, 3.63) is 35.9 Å². The van der Waals surface area contributed by atoms with Crippen LogP contribution in [0.15, 0.2) is 30.3 Å². The molecule has 0 spiro atoms. The number of ether oxygens (including phenoxy) is 6. The number of hydrogen-bond donors (Lipinski definition) is 5. The van der Waals surface area contributed by atoms with Crippen LogP contribution in [0.3, 0.4) is 0 Å². The predicted octanol–water partition coefficient (Wildman–Crippen LogP) is 4.27. The Balaban J connectivity index is 1.62. The van der Waals surface area contributed by atoms with Gasteiger partial charge in [-0.1, -0.05) is 98.6 Å². The molecule has 6 amide bonds. The van der Waals surface area contributed by atoms with Gasteiger partial charge in [-0.05, 0) is 75.9 Å². The van der Waals surface area contributed by atoms with E-state index in [9.17, 15) is 43.5 Å². The van der Waals surface area contributed by atoms with Crippen LogP contribution >= 0.6 is 0 Å². The maximum absolute atomic E-state index is 14.5. The number of benzene rings is 1. The van der Waals surface area contributed by atoms with Crippen LogP contribution in [0, 0.1) is 35.5 Å². The Morgan fingerprint density at radius 1 is 0.756 bits per heavy atom. The summed E-state index contributed by atoms with van der Waals surface area (Å²) in [5.41, 5.74) is 0.812. The highest BCUT2D eigenvalue weighted by atomic mass is 16.7. The summed E-state index contributed by atoms with van der Waals surface area (Å²) in [5.74, 6) is -4.58. The van der Waals surface area contributed by atoms with Crippen molar-refractivity contribution in [3.63, 3.8) is 0 Å². The van der Waals surface area contributed by atoms with Crippen LogP contribution in [0.2, 0.25) is 0 Å². The van der Waals surface area contributed by atoms with Gasteiger partial charge in [0, 0.05) is 66.8 Å². The van der Waals surface area contributed by atoms with E-state index in [1.807, 2.05) is 97.8 Å². The number of esters is 1. The second kappa shape index (κ2) is 36.4. The molecule has 1 aromatic rings. The zero-order chi connectivity index (χ0) is 61.2. The highest BCUT2D eigenvalue weighted by Crippen LogP contribution is 2.34. The van der Waals surface area contributed by atoms with E-state index in [-0.39, 0.29) is 99.9 Å². The normalized spacial score (nSPS) is 19.9. The standard InChI is InChI=1S/C60H101N7O15/c1-15-39(7)53(66(11)58(74)51(37(3)4)64-57(73)52(38(5)6)65(9)10)48(77-12)34-49(70)67-31-21-27-46(67)54(79-14)40(8)55(71)63-45(33-41-23-18-17-19-24-41)56(72)61-29-22-32-80-59(75)44-26-20-25-43(44)47(69)28-30-62-60(76)81-36-50(78-13)82-42(16-2)35-68/h17-19,23-24,37-40,42-46,48,50-54,68H,15-16,20-22,25-36H2,1-14H3,(H,61,72)(H,62,76)(H,63,71)(H,64,73)/t39-,40+,42?,43?,44+,45-,46-,48+,50?,51-,52-,53-,54+/m0/s1. The molecular weight excluding hydrogens is 1060 g/mol. The van der Waals surface area contributed by atoms with Gasteiger partial charge in [-0.25, -0.2) is 4.79 Å². The minimum Gasteiger partial charge on any atom is -0.465 e. The molecule has 1 saturated carbocycles. The number of nitrogens with one attached hydrogen (secondary N) is 4. The Labute approximate surface area is 487 Å². The summed E-state index contributed by atoms with van der Waals surface area (Å²) in [6, 6.07) is 6.02. The average Bonchev–Trinajstić information content (AvgIpc) is 4.28. The summed E-state index contributed by atoms with van der Waals surface area (Å²) in [5, 5.41) is 20.8. The lowest BCUT2D eigenvalue weighted by molar-refractivity contribution is -0.181. The second-order valence-electron chi connectivity index (χ2n) is 22.9. The molecule has 3 unspecified atom stereocenters. The number of nitrogens with zero attached hydrogens (tertiary/aromatic N) is 3. The summed E-state index contributed by atoms with van der Waals surface area (Å²) in [4.78, 5) is 115. The van der Waals surface area contributed by atoms with Crippen LogP contribution in [-0.4, -0.2) is 204 Å². The van der Waals surface area contributed by atoms with E-state index in [2.05, 4.69) is 21.3 Å². The van der Waals surface area contributed by atoms with Crippen LogP contribution < -0.4 is 21.3 Å². The number of aliphatic hydroxyl groups is 1. The minimum absolute atomic E-state index is 0.00138. The van der Waals surface area contributed by atoms with Crippen molar-refractivity contribution in [2.24, 2.45) is 35.5 Å². The molecule has 1 saturated heterocycles. The molecule has 2 fully saturated rings. The van der Waals surface area contributed by atoms with E-state index >= 15 is 0 Å². The van der Waals surface area contributed by atoms with E-state index in [0.29, 0.717) is 51.5 Å². The molecule has 5 N–H and O–H groups in total. The van der Waals surface area contributed by atoms with Gasteiger partial charge in [-0.3, -0.25) is 38.5 Å². The number of aliphatic hydroxyl groups excluding tert-OH is 1. The number of amides is 6. The number of rotatable bonds is 37. The Hall–Kier alpha value is -5.26. The minimum atomic E-state index is -0.991. The van der Waals surface area contributed by atoms with Crippen molar-refractivity contribution in [1.29, 1.82) is 0 Å². The third-order valence-corrected chi connectivity index (χ3v) is 16.2. The molecule has 1 aliphatic carbocycles. The van der Waals surface area contributed by atoms with Gasteiger partial charge in [0.15, 0.2) is 6.29 Å². The van der Waals surface area contributed by atoms with Crippen molar-refractivity contribution in [2.75, 3.05) is 81.9 Å². The van der Waals surface area contributed by atoms with Crippen molar-refractivity contribution in [1.82, 2.24) is 36.0 Å². The third-order valence-electron chi connectivity index (χ3n) is 16.2. The number of alkyl carbamates (subject to hydrolysis) is 1. The number of likely N-dealkylation sites (tertiary alicyclic amines) is 1. The zero-order valence-electron chi connectivity index (χ0n) is 51.6. The Kier molecular flexibility index (Phi) is 31.6. The molecule has 82 heavy (non-hydrogen) atoms.